The quantitative estimate of drug-likeness (QED) is 0.734. The number of nitrogens with two attached hydrogens (primary N) is 1. The van der Waals surface area contributed by atoms with Gasteiger partial charge in [0.05, 0.1) is 12.2 Å². The monoisotopic (exact) mass is 339 g/mol. The Kier molecular flexibility index (Phi) is 4.14. The third-order valence-electron chi connectivity index (χ3n) is 4.04. The molecule has 7 nitrogen and oxygen atoms in total. The topological polar surface area (TPSA) is 102 Å². The second-order valence-electron chi connectivity index (χ2n) is 5.83. The Bertz CT molecular complexity index is 814. The van der Waals surface area contributed by atoms with Crippen LogP contribution in [0.1, 0.15) is 30.1 Å². The van der Waals surface area contributed by atoms with Gasteiger partial charge in [0.15, 0.2) is 10.8 Å². The molecule has 8 heteroatoms. The molecule has 24 heavy (non-hydrogen) atoms. The maximum Gasteiger partial charge on any atom is 0.188 e. The van der Waals surface area contributed by atoms with Crippen molar-refractivity contribution >= 4 is 17.2 Å². The molecule has 0 amide bonds. The van der Waals surface area contributed by atoms with Gasteiger partial charge in [-0.05, 0) is 18.9 Å². The minimum atomic E-state index is 0.315. The van der Waals surface area contributed by atoms with E-state index in [0.717, 1.165) is 35.1 Å². The molecule has 3 N–H and O–H groups in total. The van der Waals surface area contributed by atoms with Crippen molar-refractivity contribution in [3.63, 3.8) is 0 Å². The highest BCUT2D eigenvalue weighted by molar-refractivity contribution is 7.13. The number of anilines is 1. The SMILES string of the molecule is NC1CC(c2cc(NCc3csc(-c4ncccn4)n3)ncn2)C1. The highest BCUT2D eigenvalue weighted by atomic mass is 32.1. The summed E-state index contributed by atoms with van der Waals surface area (Å²) in [5.41, 5.74) is 7.85. The van der Waals surface area contributed by atoms with Crippen molar-refractivity contribution in [2.24, 2.45) is 5.73 Å². The predicted octanol–water partition coefficient (Wildman–Crippen LogP) is 2.21. The summed E-state index contributed by atoms with van der Waals surface area (Å²) in [4.78, 5) is 21.6. The molecule has 0 unspecified atom stereocenters. The number of rotatable bonds is 5. The second-order valence-corrected chi connectivity index (χ2v) is 6.68. The van der Waals surface area contributed by atoms with E-state index in [1.54, 1.807) is 24.8 Å². The van der Waals surface area contributed by atoms with Gasteiger partial charge in [-0.15, -0.1) is 11.3 Å². The Labute approximate surface area is 143 Å². The van der Waals surface area contributed by atoms with Crippen LogP contribution in [0.4, 0.5) is 5.82 Å². The Morgan fingerprint density at radius 1 is 1.17 bits per heavy atom. The first-order valence-electron chi connectivity index (χ1n) is 7.81. The van der Waals surface area contributed by atoms with Crippen LogP contribution in [0.3, 0.4) is 0 Å². The lowest BCUT2D eigenvalue weighted by atomic mass is 9.79. The summed E-state index contributed by atoms with van der Waals surface area (Å²) in [5, 5.41) is 6.13. The van der Waals surface area contributed by atoms with Crippen molar-refractivity contribution in [1.29, 1.82) is 0 Å². The minimum absolute atomic E-state index is 0.315. The molecule has 1 saturated carbocycles. The second kappa shape index (κ2) is 6.58. The highest BCUT2D eigenvalue weighted by Gasteiger charge is 2.28. The van der Waals surface area contributed by atoms with Crippen LogP contribution in [0.15, 0.2) is 36.2 Å². The van der Waals surface area contributed by atoms with Gasteiger partial charge in [-0.3, -0.25) is 0 Å². The van der Waals surface area contributed by atoms with Gasteiger partial charge < -0.3 is 11.1 Å². The average Bonchev–Trinajstić information content (AvgIpc) is 3.07. The molecule has 0 atom stereocenters. The summed E-state index contributed by atoms with van der Waals surface area (Å²) >= 11 is 1.54. The normalized spacial score (nSPS) is 19.7. The van der Waals surface area contributed by atoms with E-state index in [1.165, 1.54) is 11.3 Å². The lowest BCUT2D eigenvalue weighted by Crippen LogP contribution is -2.35. The van der Waals surface area contributed by atoms with Gasteiger partial charge in [0.1, 0.15) is 12.1 Å². The third kappa shape index (κ3) is 3.24. The van der Waals surface area contributed by atoms with E-state index in [2.05, 4.69) is 30.2 Å². The number of aromatic nitrogens is 5. The molecule has 3 aromatic heterocycles. The summed E-state index contributed by atoms with van der Waals surface area (Å²) in [6, 6.07) is 4.11. The Morgan fingerprint density at radius 3 is 2.79 bits per heavy atom. The van der Waals surface area contributed by atoms with E-state index in [9.17, 15) is 0 Å². The molecule has 3 aromatic rings. The largest absolute Gasteiger partial charge is 0.364 e. The van der Waals surface area contributed by atoms with Crippen LogP contribution in [-0.2, 0) is 6.54 Å². The Hall–Kier alpha value is -2.45. The van der Waals surface area contributed by atoms with E-state index in [4.69, 9.17) is 5.73 Å². The molecule has 1 aliphatic carbocycles. The van der Waals surface area contributed by atoms with E-state index < -0.39 is 0 Å². The zero-order valence-corrected chi connectivity index (χ0v) is 13.8. The van der Waals surface area contributed by atoms with Gasteiger partial charge in [-0.1, -0.05) is 0 Å². The van der Waals surface area contributed by atoms with Crippen molar-refractivity contribution < 1.29 is 0 Å². The smallest absolute Gasteiger partial charge is 0.188 e. The fourth-order valence-electron chi connectivity index (χ4n) is 2.68. The van der Waals surface area contributed by atoms with Crippen LogP contribution < -0.4 is 11.1 Å². The molecule has 0 bridgehead atoms. The van der Waals surface area contributed by atoms with Crippen LogP contribution in [0, 0.1) is 0 Å². The van der Waals surface area contributed by atoms with Crippen molar-refractivity contribution in [3.8, 4) is 10.8 Å². The fourth-order valence-corrected chi connectivity index (χ4v) is 3.44. The lowest BCUT2D eigenvalue weighted by molar-refractivity contribution is 0.345. The summed E-state index contributed by atoms with van der Waals surface area (Å²) in [6.45, 7) is 0.601. The summed E-state index contributed by atoms with van der Waals surface area (Å²) in [6.07, 6.45) is 7.05. The lowest BCUT2D eigenvalue weighted by Gasteiger charge is -2.31. The third-order valence-corrected chi connectivity index (χ3v) is 4.93. The molecule has 0 spiro atoms. The average molecular weight is 339 g/mol. The molecule has 4 rings (SSSR count). The zero-order valence-electron chi connectivity index (χ0n) is 13.0. The van der Waals surface area contributed by atoms with Gasteiger partial charge in [0.2, 0.25) is 0 Å². The minimum Gasteiger partial charge on any atom is -0.364 e. The summed E-state index contributed by atoms with van der Waals surface area (Å²) in [5.74, 6) is 1.93. The number of hydrogen-bond acceptors (Lipinski definition) is 8. The molecule has 122 valence electrons. The van der Waals surface area contributed by atoms with E-state index in [1.807, 2.05) is 11.4 Å². The Balaban J connectivity index is 1.40. The van der Waals surface area contributed by atoms with Crippen LogP contribution >= 0.6 is 11.3 Å². The fraction of sp³-hybridized carbons (Fsp3) is 0.312. The number of thiazole rings is 1. The molecule has 0 aliphatic heterocycles. The Morgan fingerprint density at radius 2 is 2.00 bits per heavy atom. The first-order valence-corrected chi connectivity index (χ1v) is 8.69. The summed E-state index contributed by atoms with van der Waals surface area (Å²) in [7, 11) is 0. The molecule has 3 heterocycles. The number of nitrogens with one attached hydrogen (secondary N) is 1. The van der Waals surface area contributed by atoms with Gasteiger partial charge in [-0.2, -0.15) is 0 Å². The molecule has 1 fully saturated rings. The standard InChI is InChI=1S/C16H17N7S/c17-11-4-10(5-11)13-6-14(22-9-21-13)20-7-12-8-24-16(23-12)15-18-2-1-3-19-15/h1-3,6,8-11H,4-5,7,17H2,(H,20,21,22). The molecular formula is C16H17N7S. The van der Waals surface area contributed by atoms with Crippen LogP contribution in [0.2, 0.25) is 0 Å². The van der Waals surface area contributed by atoms with Crippen LogP contribution in [0.25, 0.3) is 10.8 Å². The van der Waals surface area contributed by atoms with Gasteiger partial charge in [0, 0.05) is 41.5 Å². The van der Waals surface area contributed by atoms with Crippen molar-refractivity contribution in [1.82, 2.24) is 24.9 Å². The van der Waals surface area contributed by atoms with Gasteiger partial charge in [0.25, 0.3) is 0 Å². The van der Waals surface area contributed by atoms with E-state index in [-0.39, 0.29) is 0 Å². The number of nitrogens with zero attached hydrogens (tertiary/aromatic N) is 5. The first-order chi connectivity index (χ1) is 11.8. The van der Waals surface area contributed by atoms with E-state index in [0.29, 0.717) is 24.3 Å². The van der Waals surface area contributed by atoms with Crippen LogP contribution in [-0.4, -0.2) is 31.0 Å². The van der Waals surface area contributed by atoms with Crippen molar-refractivity contribution in [2.45, 2.75) is 31.3 Å². The predicted molar refractivity (Wildman–Crippen MR) is 92.4 cm³/mol. The number of hydrogen-bond donors (Lipinski definition) is 2. The van der Waals surface area contributed by atoms with Crippen LogP contribution in [0.5, 0.6) is 0 Å². The maximum absolute atomic E-state index is 5.85. The first kappa shape index (κ1) is 15.1. The molecule has 0 aromatic carbocycles. The molecule has 0 radical (unpaired) electrons. The maximum atomic E-state index is 5.85. The van der Waals surface area contributed by atoms with E-state index >= 15 is 0 Å². The zero-order chi connectivity index (χ0) is 16.4. The molecular weight excluding hydrogens is 322 g/mol. The van der Waals surface area contributed by atoms with Gasteiger partial charge >= 0.3 is 0 Å². The highest BCUT2D eigenvalue weighted by Crippen LogP contribution is 2.34. The summed E-state index contributed by atoms with van der Waals surface area (Å²) < 4.78 is 0. The molecule has 1 aliphatic rings. The van der Waals surface area contributed by atoms with Crippen molar-refractivity contribution in [2.75, 3.05) is 5.32 Å². The molecule has 0 saturated heterocycles. The van der Waals surface area contributed by atoms with Gasteiger partial charge in [-0.25, -0.2) is 24.9 Å². The van der Waals surface area contributed by atoms with Crippen molar-refractivity contribution in [3.05, 3.63) is 47.6 Å².